The smallest absolute Gasteiger partial charge is 0.251 e. The monoisotopic (exact) mass is 301 g/mol. The molecule has 3 aromatic rings. The number of rotatable bonds is 4. The lowest BCUT2D eigenvalue weighted by molar-refractivity contribution is 0.0954. The molecular weight excluding hydrogens is 286 g/mol. The number of aryl methyl sites for hydroxylation is 2. The normalized spacial score (nSPS) is 11.0. The summed E-state index contributed by atoms with van der Waals surface area (Å²) in [6.45, 7) is 4.59. The summed E-state index contributed by atoms with van der Waals surface area (Å²) >= 11 is 1.68. The molecule has 0 saturated heterocycles. The van der Waals surface area contributed by atoms with E-state index < -0.39 is 0 Å². The SMILES string of the molecule is Cc1nc(C)c(CCNC(=O)c2ccc3n[nH]nc3c2)s1. The van der Waals surface area contributed by atoms with E-state index in [2.05, 4.69) is 25.7 Å². The molecule has 1 amide bonds. The van der Waals surface area contributed by atoms with E-state index in [9.17, 15) is 4.79 Å². The maximum atomic E-state index is 12.1. The number of nitrogens with one attached hydrogen (secondary N) is 2. The largest absolute Gasteiger partial charge is 0.352 e. The molecule has 0 aliphatic heterocycles. The Bertz CT molecular complexity index is 792. The minimum absolute atomic E-state index is 0.0983. The van der Waals surface area contributed by atoms with Crippen LogP contribution in [0, 0.1) is 13.8 Å². The van der Waals surface area contributed by atoms with Crippen molar-refractivity contribution in [1.82, 2.24) is 25.7 Å². The van der Waals surface area contributed by atoms with Gasteiger partial charge in [-0.3, -0.25) is 4.79 Å². The van der Waals surface area contributed by atoms with Crippen LogP contribution in [0.1, 0.15) is 25.9 Å². The van der Waals surface area contributed by atoms with Gasteiger partial charge in [0.15, 0.2) is 0 Å². The van der Waals surface area contributed by atoms with E-state index in [0.717, 1.165) is 22.6 Å². The van der Waals surface area contributed by atoms with E-state index >= 15 is 0 Å². The van der Waals surface area contributed by atoms with Crippen molar-refractivity contribution < 1.29 is 4.79 Å². The van der Waals surface area contributed by atoms with Gasteiger partial charge in [-0.05, 0) is 32.0 Å². The van der Waals surface area contributed by atoms with Gasteiger partial charge >= 0.3 is 0 Å². The van der Waals surface area contributed by atoms with Crippen LogP contribution < -0.4 is 5.32 Å². The lowest BCUT2D eigenvalue weighted by Gasteiger charge is -2.04. The van der Waals surface area contributed by atoms with Crippen LogP contribution >= 0.6 is 11.3 Å². The van der Waals surface area contributed by atoms with Gasteiger partial charge in [0.25, 0.3) is 5.91 Å². The number of benzene rings is 1. The van der Waals surface area contributed by atoms with Crippen LogP contribution in [0.3, 0.4) is 0 Å². The number of thiazole rings is 1. The number of hydrogen-bond acceptors (Lipinski definition) is 5. The van der Waals surface area contributed by atoms with E-state index in [1.54, 1.807) is 29.5 Å². The number of H-pyrrole nitrogens is 1. The number of carbonyl (C=O) groups excluding carboxylic acids is 1. The molecule has 0 fully saturated rings. The van der Waals surface area contributed by atoms with E-state index in [1.165, 1.54) is 4.88 Å². The molecule has 3 rings (SSSR count). The van der Waals surface area contributed by atoms with E-state index in [0.29, 0.717) is 17.6 Å². The maximum absolute atomic E-state index is 12.1. The highest BCUT2D eigenvalue weighted by Gasteiger charge is 2.09. The third-order valence-electron chi connectivity index (χ3n) is 3.22. The van der Waals surface area contributed by atoms with Gasteiger partial charge in [0, 0.05) is 23.4 Å². The number of hydrogen-bond donors (Lipinski definition) is 2. The van der Waals surface area contributed by atoms with Crippen LogP contribution in [0.2, 0.25) is 0 Å². The zero-order valence-electron chi connectivity index (χ0n) is 11.8. The summed E-state index contributed by atoms with van der Waals surface area (Å²) < 4.78 is 0. The number of amides is 1. The molecule has 2 N–H and O–H groups in total. The fourth-order valence-electron chi connectivity index (χ4n) is 2.18. The van der Waals surface area contributed by atoms with Crippen LogP contribution in [0.25, 0.3) is 11.0 Å². The molecule has 108 valence electrons. The molecule has 0 bridgehead atoms. The van der Waals surface area contributed by atoms with Crippen molar-refractivity contribution in [2.24, 2.45) is 0 Å². The molecule has 0 atom stereocenters. The van der Waals surface area contributed by atoms with Crippen molar-refractivity contribution in [3.05, 3.63) is 39.3 Å². The molecule has 0 spiro atoms. The highest BCUT2D eigenvalue weighted by molar-refractivity contribution is 7.11. The zero-order chi connectivity index (χ0) is 14.8. The topological polar surface area (TPSA) is 83.6 Å². The van der Waals surface area contributed by atoms with Crippen molar-refractivity contribution in [1.29, 1.82) is 0 Å². The molecule has 0 unspecified atom stereocenters. The van der Waals surface area contributed by atoms with Crippen LogP contribution in [-0.4, -0.2) is 32.8 Å². The van der Waals surface area contributed by atoms with Crippen LogP contribution in [0.5, 0.6) is 0 Å². The Morgan fingerprint density at radius 2 is 2.10 bits per heavy atom. The van der Waals surface area contributed by atoms with Crippen molar-refractivity contribution in [3.63, 3.8) is 0 Å². The summed E-state index contributed by atoms with van der Waals surface area (Å²) in [6.07, 6.45) is 0.801. The molecule has 0 aliphatic carbocycles. The lowest BCUT2D eigenvalue weighted by Crippen LogP contribution is -2.25. The Kier molecular flexibility index (Phi) is 3.66. The molecule has 0 saturated carbocycles. The molecular formula is C14H15N5OS. The number of aromatic nitrogens is 4. The first kappa shape index (κ1) is 13.7. The first-order chi connectivity index (χ1) is 10.1. The summed E-state index contributed by atoms with van der Waals surface area (Å²) in [5, 5.41) is 14.5. The second-order valence-electron chi connectivity index (χ2n) is 4.77. The second-order valence-corrected chi connectivity index (χ2v) is 6.06. The minimum Gasteiger partial charge on any atom is -0.352 e. The maximum Gasteiger partial charge on any atom is 0.251 e. The van der Waals surface area contributed by atoms with Gasteiger partial charge in [0.1, 0.15) is 11.0 Å². The molecule has 2 aromatic heterocycles. The zero-order valence-corrected chi connectivity index (χ0v) is 12.6. The average molecular weight is 301 g/mol. The highest BCUT2D eigenvalue weighted by atomic mass is 32.1. The van der Waals surface area contributed by atoms with Gasteiger partial charge in [0.05, 0.1) is 10.7 Å². The predicted molar refractivity (Wildman–Crippen MR) is 81.5 cm³/mol. The Labute approximate surface area is 125 Å². The van der Waals surface area contributed by atoms with Crippen molar-refractivity contribution in [2.45, 2.75) is 20.3 Å². The van der Waals surface area contributed by atoms with Crippen LogP contribution in [0.15, 0.2) is 18.2 Å². The van der Waals surface area contributed by atoms with Gasteiger partial charge in [-0.1, -0.05) is 0 Å². The van der Waals surface area contributed by atoms with E-state index in [-0.39, 0.29) is 5.91 Å². The van der Waals surface area contributed by atoms with E-state index in [1.807, 2.05) is 13.8 Å². The second kappa shape index (κ2) is 5.61. The molecule has 7 heteroatoms. The number of fused-ring (bicyclic) bond motifs is 1. The van der Waals surface area contributed by atoms with Gasteiger partial charge in [-0.15, -0.1) is 11.3 Å². The minimum atomic E-state index is -0.0983. The first-order valence-electron chi connectivity index (χ1n) is 6.65. The molecule has 1 aromatic carbocycles. The molecule has 6 nitrogen and oxygen atoms in total. The summed E-state index contributed by atoms with van der Waals surface area (Å²) in [7, 11) is 0. The molecule has 21 heavy (non-hydrogen) atoms. The van der Waals surface area contributed by atoms with Gasteiger partial charge in [0.2, 0.25) is 0 Å². The number of nitrogens with zero attached hydrogens (tertiary/aromatic N) is 3. The summed E-state index contributed by atoms with van der Waals surface area (Å²) in [5.74, 6) is -0.0983. The molecule has 0 radical (unpaired) electrons. The Balaban J connectivity index is 1.62. The van der Waals surface area contributed by atoms with Crippen molar-refractivity contribution in [3.8, 4) is 0 Å². The molecule has 2 heterocycles. The van der Waals surface area contributed by atoms with Crippen molar-refractivity contribution in [2.75, 3.05) is 6.54 Å². The predicted octanol–water partition coefficient (Wildman–Crippen LogP) is 2.00. The highest BCUT2D eigenvalue weighted by Crippen LogP contribution is 2.17. The Morgan fingerprint density at radius 1 is 1.29 bits per heavy atom. The fourth-order valence-corrected chi connectivity index (χ4v) is 3.12. The first-order valence-corrected chi connectivity index (χ1v) is 7.47. The third kappa shape index (κ3) is 2.92. The van der Waals surface area contributed by atoms with Crippen molar-refractivity contribution >= 4 is 28.3 Å². The summed E-state index contributed by atoms with van der Waals surface area (Å²) in [5.41, 5.74) is 3.09. The van der Waals surface area contributed by atoms with Gasteiger partial charge in [-0.25, -0.2) is 4.98 Å². The summed E-state index contributed by atoms with van der Waals surface area (Å²) in [6, 6.07) is 5.27. The summed E-state index contributed by atoms with van der Waals surface area (Å²) in [4.78, 5) is 17.7. The lowest BCUT2D eigenvalue weighted by atomic mass is 10.2. The fraction of sp³-hybridized carbons (Fsp3) is 0.286. The van der Waals surface area contributed by atoms with Crippen LogP contribution in [-0.2, 0) is 6.42 Å². The van der Waals surface area contributed by atoms with Gasteiger partial charge < -0.3 is 5.32 Å². The molecule has 0 aliphatic rings. The standard InChI is InChI=1S/C14H15N5OS/c1-8-13(21-9(2)16-8)5-6-15-14(20)10-3-4-11-12(7-10)18-19-17-11/h3-4,7H,5-6H2,1-2H3,(H,15,20)(H,17,18,19). The number of carbonyl (C=O) groups is 1. The Hall–Kier alpha value is -2.28. The van der Waals surface area contributed by atoms with Gasteiger partial charge in [-0.2, -0.15) is 15.4 Å². The van der Waals surface area contributed by atoms with E-state index in [4.69, 9.17) is 0 Å². The Morgan fingerprint density at radius 3 is 2.86 bits per heavy atom. The third-order valence-corrected chi connectivity index (χ3v) is 4.35. The van der Waals surface area contributed by atoms with Crippen LogP contribution in [0.4, 0.5) is 0 Å². The quantitative estimate of drug-likeness (QED) is 0.772. The average Bonchev–Trinajstić information content (AvgIpc) is 3.04. The number of aromatic amines is 1.